The molecular formula is C18H19ClN2OS. The van der Waals surface area contributed by atoms with Crippen LogP contribution in [0.15, 0.2) is 53.9 Å². The summed E-state index contributed by atoms with van der Waals surface area (Å²) in [6, 6.07) is 15.8. The van der Waals surface area contributed by atoms with Crippen molar-refractivity contribution in [2.75, 3.05) is 12.8 Å². The molecule has 0 saturated carbocycles. The Morgan fingerprint density at radius 3 is 2.57 bits per heavy atom. The van der Waals surface area contributed by atoms with Crippen molar-refractivity contribution in [1.29, 1.82) is 0 Å². The molecule has 120 valence electrons. The number of rotatable bonds is 4. The van der Waals surface area contributed by atoms with Crippen LogP contribution in [0.4, 0.5) is 5.69 Å². The maximum Gasteiger partial charge on any atom is 0.227 e. The van der Waals surface area contributed by atoms with Crippen LogP contribution in [0.2, 0.25) is 0 Å². The van der Waals surface area contributed by atoms with E-state index in [4.69, 9.17) is 5.73 Å². The Hall–Kier alpha value is -2.04. The molecule has 0 aliphatic rings. The lowest BCUT2D eigenvalue weighted by molar-refractivity contribution is -0.129. The van der Waals surface area contributed by atoms with Crippen LogP contribution in [-0.4, -0.2) is 17.9 Å². The second-order valence-corrected chi connectivity index (χ2v) is 6.34. The minimum absolute atomic E-state index is 0. The number of carbonyl (C=O) groups is 1. The van der Waals surface area contributed by atoms with Crippen molar-refractivity contribution in [3.8, 4) is 0 Å². The monoisotopic (exact) mass is 346 g/mol. The van der Waals surface area contributed by atoms with Crippen LogP contribution in [-0.2, 0) is 17.8 Å². The average molecular weight is 347 g/mol. The van der Waals surface area contributed by atoms with Crippen LogP contribution in [0, 0.1) is 0 Å². The Bertz CT molecular complexity index is 798. The van der Waals surface area contributed by atoms with Crippen molar-refractivity contribution in [3.63, 3.8) is 0 Å². The van der Waals surface area contributed by atoms with Crippen LogP contribution in [0.1, 0.15) is 11.1 Å². The normalized spacial score (nSPS) is 10.3. The molecule has 0 radical (unpaired) electrons. The summed E-state index contributed by atoms with van der Waals surface area (Å²) in [7, 11) is 1.85. The van der Waals surface area contributed by atoms with E-state index in [2.05, 4.69) is 17.5 Å². The number of amides is 1. The largest absolute Gasteiger partial charge is 0.399 e. The highest BCUT2D eigenvalue weighted by atomic mass is 35.5. The maximum absolute atomic E-state index is 12.4. The topological polar surface area (TPSA) is 46.3 Å². The molecule has 23 heavy (non-hydrogen) atoms. The smallest absolute Gasteiger partial charge is 0.227 e. The van der Waals surface area contributed by atoms with Gasteiger partial charge in [0.25, 0.3) is 0 Å². The number of nitrogen functional groups attached to an aromatic ring is 1. The zero-order valence-electron chi connectivity index (χ0n) is 12.9. The Labute approximate surface area is 146 Å². The first kappa shape index (κ1) is 17.3. The first-order chi connectivity index (χ1) is 10.6. The van der Waals surface area contributed by atoms with Crippen molar-refractivity contribution in [3.05, 3.63) is 65.0 Å². The van der Waals surface area contributed by atoms with Crippen molar-refractivity contribution in [1.82, 2.24) is 4.90 Å². The summed E-state index contributed by atoms with van der Waals surface area (Å²) in [5, 5.41) is 3.37. The van der Waals surface area contributed by atoms with Gasteiger partial charge in [-0.1, -0.05) is 30.3 Å². The summed E-state index contributed by atoms with van der Waals surface area (Å²) in [6.07, 6.45) is 0.402. The van der Waals surface area contributed by atoms with Gasteiger partial charge in [-0.05, 0) is 40.1 Å². The number of likely N-dealkylation sites (N-methyl/N-ethyl adjacent to an activating group) is 1. The summed E-state index contributed by atoms with van der Waals surface area (Å²) in [6.45, 7) is 0.637. The summed E-state index contributed by atoms with van der Waals surface area (Å²) in [4.78, 5) is 14.1. The first-order valence-electron chi connectivity index (χ1n) is 7.17. The standard InChI is InChI=1S/C18H18N2OS.ClH/c1-20(18(21)10-13-6-8-15(19)9-7-13)11-14-12-22-17-5-3-2-4-16(14)17;/h2-9,12H,10-11,19H2,1H3;1H. The van der Waals surface area contributed by atoms with Gasteiger partial charge in [0.05, 0.1) is 6.42 Å². The number of thiophene rings is 1. The number of hydrogen-bond acceptors (Lipinski definition) is 3. The van der Waals surface area contributed by atoms with Crippen molar-refractivity contribution in [2.45, 2.75) is 13.0 Å². The SMILES string of the molecule is CN(Cc1csc2ccccc12)C(=O)Cc1ccc(N)cc1.Cl. The van der Waals surface area contributed by atoms with Crippen molar-refractivity contribution in [2.24, 2.45) is 0 Å². The summed E-state index contributed by atoms with van der Waals surface area (Å²) in [5.41, 5.74) is 8.57. The minimum atomic E-state index is 0. The van der Waals surface area contributed by atoms with Crippen LogP contribution in [0.3, 0.4) is 0 Å². The van der Waals surface area contributed by atoms with Gasteiger partial charge < -0.3 is 10.6 Å². The Morgan fingerprint density at radius 1 is 1.13 bits per heavy atom. The molecule has 1 heterocycles. The highest BCUT2D eigenvalue weighted by molar-refractivity contribution is 7.17. The minimum Gasteiger partial charge on any atom is -0.399 e. The molecule has 0 saturated heterocycles. The molecule has 0 spiro atoms. The number of benzene rings is 2. The number of nitrogens with two attached hydrogens (primary N) is 1. The van der Waals surface area contributed by atoms with E-state index in [9.17, 15) is 4.79 Å². The second-order valence-electron chi connectivity index (χ2n) is 5.43. The maximum atomic E-state index is 12.4. The molecule has 5 heteroatoms. The van der Waals surface area contributed by atoms with Gasteiger partial charge in [-0.3, -0.25) is 4.79 Å². The average Bonchev–Trinajstić information content (AvgIpc) is 2.93. The first-order valence-corrected chi connectivity index (χ1v) is 8.05. The number of hydrogen-bond donors (Lipinski definition) is 1. The third-order valence-electron chi connectivity index (χ3n) is 3.73. The van der Waals surface area contributed by atoms with Gasteiger partial charge >= 0.3 is 0 Å². The van der Waals surface area contributed by atoms with Crippen LogP contribution in [0.5, 0.6) is 0 Å². The van der Waals surface area contributed by atoms with Gasteiger partial charge in [-0.25, -0.2) is 0 Å². The summed E-state index contributed by atoms with van der Waals surface area (Å²) in [5.74, 6) is 0.111. The number of anilines is 1. The van der Waals surface area contributed by atoms with E-state index in [0.29, 0.717) is 18.7 Å². The van der Waals surface area contributed by atoms with E-state index in [0.717, 1.165) is 5.56 Å². The molecule has 0 unspecified atom stereocenters. The molecule has 3 aromatic rings. The van der Waals surface area contributed by atoms with E-state index >= 15 is 0 Å². The Morgan fingerprint density at radius 2 is 1.83 bits per heavy atom. The van der Waals surface area contributed by atoms with Gasteiger partial charge in [0.1, 0.15) is 0 Å². The van der Waals surface area contributed by atoms with E-state index in [1.165, 1.54) is 15.6 Å². The van der Waals surface area contributed by atoms with Gasteiger partial charge in [0.15, 0.2) is 0 Å². The highest BCUT2D eigenvalue weighted by Crippen LogP contribution is 2.26. The Kier molecular flexibility index (Phi) is 5.64. The lowest BCUT2D eigenvalue weighted by atomic mass is 10.1. The molecule has 3 nitrogen and oxygen atoms in total. The van der Waals surface area contributed by atoms with Crippen molar-refractivity contribution >= 4 is 45.4 Å². The highest BCUT2D eigenvalue weighted by Gasteiger charge is 2.12. The Balaban J connectivity index is 0.00000192. The number of halogens is 1. The van der Waals surface area contributed by atoms with Crippen molar-refractivity contribution < 1.29 is 4.79 Å². The zero-order valence-corrected chi connectivity index (χ0v) is 14.5. The van der Waals surface area contributed by atoms with Gasteiger partial charge in [0.2, 0.25) is 5.91 Å². The zero-order chi connectivity index (χ0) is 15.5. The number of fused-ring (bicyclic) bond motifs is 1. The fourth-order valence-electron chi connectivity index (χ4n) is 2.44. The van der Waals surface area contributed by atoms with Gasteiger partial charge in [-0.15, -0.1) is 23.7 Å². The predicted octanol–water partition coefficient (Wildman–Crippen LogP) is 4.11. The van der Waals surface area contributed by atoms with Gasteiger partial charge in [0, 0.05) is 24.0 Å². The molecule has 2 aromatic carbocycles. The van der Waals surface area contributed by atoms with Gasteiger partial charge in [-0.2, -0.15) is 0 Å². The summed E-state index contributed by atoms with van der Waals surface area (Å²) < 4.78 is 1.26. The quantitative estimate of drug-likeness (QED) is 0.723. The lowest BCUT2D eigenvalue weighted by Crippen LogP contribution is -2.27. The van der Waals surface area contributed by atoms with E-state index < -0.39 is 0 Å². The molecule has 0 atom stereocenters. The fraction of sp³-hybridized carbons (Fsp3) is 0.167. The van der Waals surface area contributed by atoms with E-state index in [1.807, 2.05) is 43.4 Å². The molecular weight excluding hydrogens is 328 g/mol. The van der Waals surface area contributed by atoms with E-state index in [-0.39, 0.29) is 18.3 Å². The van der Waals surface area contributed by atoms with E-state index in [1.54, 1.807) is 16.2 Å². The van der Waals surface area contributed by atoms with Crippen LogP contribution < -0.4 is 5.73 Å². The molecule has 1 aromatic heterocycles. The molecule has 1 amide bonds. The lowest BCUT2D eigenvalue weighted by Gasteiger charge is -2.17. The number of nitrogens with zero attached hydrogens (tertiary/aromatic N) is 1. The molecule has 2 N–H and O–H groups in total. The third-order valence-corrected chi connectivity index (χ3v) is 4.74. The summed E-state index contributed by atoms with van der Waals surface area (Å²) >= 11 is 1.72. The number of carbonyl (C=O) groups excluding carboxylic acids is 1. The van der Waals surface area contributed by atoms with Crippen LogP contribution in [0.25, 0.3) is 10.1 Å². The molecule has 0 aliphatic carbocycles. The third kappa shape index (κ3) is 4.03. The molecule has 0 aliphatic heterocycles. The van der Waals surface area contributed by atoms with Crippen LogP contribution >= 0.6 is 23.7 Å². The second kappa shape index (κ2) is 7.49. The predicted molar refractivity (Wildman–Crippen MR) is 100 cm³/mol. The molecule has 0 bridgehead atoms. The fourth-order valence-corrected chi connectivity index (χ4v) is 3.40. The molecule has 0 fully saturated rings. The molecule has 3 rings (SSSR count).